The SMILES string of the molecule is CC(C)(c1ccccc1)c1nnc(NC(=O)C=C[C@H](CCc2ccccc2)NC(=O)[C@@H]2CCCCN2)s1. The third-order valence-corrected chi connectivity index (χ3v) is 7.87. The Balaban J connectivity index is 1.39. The van der Waals surface area contributed by atoms with Gasteiger partial charge in [0.05, 0.1) is 6.04 Å². The predicted octanol–water partition coefficient (Wildman–Crippen LogP) is 4.62. The summed E-state index contributed by atoms with van der Waals surface area (Å²) in [5.74, 6) is -0.310. The summed E-state index contributed by atoms with van der Waals surface area (Å²) in [7, 11) is 0. The van der Waals surface area contributed by atoms with Crippen LogP contribution in [0.5, 0.6) is 0 Å². The van der Waals surface area contributed by atoms with Crippen molar-refractivity contribution in [3.63, 3.8) is 0 Å². The molecule has 2 amide bonds. The first-order chi connectivity index (χ1) is 17.9. The number of amides is 2. The summed E-state index contributed by atoms with van der Waals surface area (Å²) in [5.41, 5.74) is 2.00. The molecule has 0 spiro atoms. The highest BCUT2D eigenvalue weighted by atomic mass is 32.1. The van der Waals surface area contributed by atoms with Crippen LogP contribution in [0.3, 0.4) is 0 Å². The van der Waals surface area contributed by atoms with Crippen LogP contribution in [0.4, 0.5) is 5.13 Å². The van der Waals surface area contributed by atoms with Crippen molar-refractivity contribution in [2.75, 3.05) is 11.9 Å². The number of aryl methyl sites for hydroxylation is 1. The Bertz CT molecular complexity index is 1190. The number of carbonyl (C=O) groups excluding carboxylic acids is 2. The van der Waals surface area contributed by atoms with Crippen molar-refractivity contribution in [2.45, 2.75) is 63.5 Å². The number of piperidine rings is 1. The molecule has 3 N–H and O–H groups in total. The van der Waals surface area contributed by atoms with E-state index in [0.29, 0.717) is 11.6 Å². The molecule has 2 heterocycles. The molecule has 1 saturated heterocycles. The third-order valence-electron chi connectivity index (χ3n) is 6.71. The van der Waals surface area contributed by atoms with Crippen molar-refractivity contribution >= 4 is 28.3 Å². The van der Waals surface area contributed by atoms with Gasteiger partial charge in [0, 0.05) is 17.5 Å². The molecule has 194 valence electrons. The van der Waals surface area contributed by atoms with E-state index in [1.54, 1.807) is 6.08 Å². The zero-order valence-electron chi connectivity index (χ0n) is 21.4. The summed E-state index contributed by atoms with van der Waals surface area (Å²) in [6.45, 7) is 5.04. The number of hydrogen-bond donors (Lipinski definition) is 3. The maximum absolute atomic E-state index is 12.8. The van der Waals surface area contributed by atoms with E-state index >= 15 is 0 Å². The number of benzene rings is 2. The van der Waals surface area contributed by atoms with Gasteiger partial charge in [0.15, 0.2) is 0 Å². The molecule has 0 bridgehead atoms. The van der Waals surface area contributed by atoms with Crippen LogP contribution < -0.4 is 16.0 Å². The van der Waals surface area contributed by atoms with Gasteiger partial charge >= 0.3 is 0 Å². The highest BCUT2D eigenvalue weighted by Crippen LogP contribution is 2.34. The number of aromatic nitrogens is 2. The molecule has 8 heteroatoms. The van der Waals surface area contributed by atoms with E-state index in [1.807, 2.05) is 36.4 Å². The second-order valence-corrected chi connectivity index (χ2v) is 10.9. The van der Waals surface area contributed by atoms with E-state index in [9.17, 15) is 9.59 Å². The molecular weight excluding hydrogens is 482 g/mol. The van der Waals surface area contributed by atoms with Gasteiger partial charge in [-0.05, 0) is 57.2 Å². The zero-order chi connectivity index (χ0) is 26.1. The van der Waals surface area contributed by atoms with Crippen LogP contribution in [0.25, 0.3) is 0 Å². The van der Waals surface area contributed by atoms with Crippen molar-refractivity contribution in [3.8, 4) is 0 Å². The molecule has 0 unspecified atom stereocenters. The number of hydrogen-bond acceptors (Lipinski definition) is 6. The maximum Gasteiger partial charge on any atom is 0.249 e. The highest BCUT2D eigenvalue weighted by Gasteiger charge is 2.28. The summed E-state index contributed by atoms with van der Waals surface area (Å²) < 4.78 is 0. The molecule has 4 rings (SSSR count). The van der Waals surface area contributed by atoms with Gasteiger partial charge in [0.2, 0.25) is 16.9 Å². The van der Waals surface area contributed by atoms with Crippen LogP contribution >= 0.6 is 11.3 Å². The Morgan fingerprint density at radius 3 is 2.51 bits per heavy atom. The van der Waals surface area contributed by atoms with E-state index < -0.39 is 0 Å². The molecular formula is C29H35N5O2S. The molecule has 1 aromatic heterocycles. The minimum atomic E-state index is -0.322. The molecule has 1 aliphatic heterocycles. The number of nitrogens with zero attached hydrogens (tertiary/aromatic N) is 2. The number of carbonyl (C=O) groups is 2. The normalized spacial score (nSPS) is 16.9. The Hall–Kier alpha value is -3.36. The van der Waals surface area contributed by atoms with Crippen molar-refractivity contribution in [1.29, 1.82) is 0 Å². The summed E-state index contributed by atoms with van der Waals surface area (Å²) in [4.78, 5) is 25.6. The minimum absolute atomic E-state index is 0.0141. The fourth-order valence-electron chi connectivity index (χ4n) is 4.40. The largest absolute Gasteiger partial charge is 0.349 e. The van der Waals surface area contributed by atoms with Crippen LogP contribution in [0, 0.1) is 0 Å². The molecule has 37 heavy (non-hydrogen) atoms. The first-order valence-corrected chi connectivity index (χ1v) is 13.7. The average Bonchev–Trinajstić information content (AvgIpc) is 3.41. The summed E-state index contributed by atoms with van der Waals surface area (Å²) >= 11 is 1.37. The lowest BCUT2D eigenvalue weighted by Gasteiger charge is -2.25. The van der Waals surface area contributed by atoms with Gasteiger partial charge in [-0.3, -0.25) is 14.9 Å². The Labute approximate surface area is 222 Å². The molecule has 1 aliphatic rings. The van der Waals surface area contributed by atoms with Gasteiger partial charge in [0.1, 0.15) is 5.01 Å². The lowest BCUT2D eigenvalue weighted by Crippen LogP contribution is -2.49. The van der Waals surface area contributed by atoms with Crippen molar-refractivity contribution in [3.05, 3.63) is 89.0 Å². The molecule has 7 nitrogen and oxygen atoms in total. The van der Waals surface area contributed by atoms with Crippen LogP contribution in [-0.4, -0.2) is 40.6 Å². The first kappa shape index (κ1) is 26.7. The number of nitrogens with one attached hydrogen (secondary N) is 3. The minimum Gasteiger partial charge on any atom is -0.349 e. The van der Waals surface area contributed by atoms with Gasteiger partial charge in [-0.1, -0.05) is 84.5 Å². The van der Waals surface area contributed by atoms with Crippen molar-refractivity contribution in [1.82, 2.24) is 20.8 Å². The maximum atomic E-state index is 12.8. The average molecular weight is 518 g/mol. The summed E-state index contributed by atoms with van der Waals surface area (Å²) in [6.07, 6.45) is 7.72. The number of rotatable bonds is 10. The topological polar surface area (TPSA) is 96.0 Å². The van der Waals surface area contributed by atoms with E-state index in [-0.39, 0.29) is 29.3 Å². The van der Waals surface area contributed by atoms with Gasteiger partial charge in [-0.15, -0.1) is 10.2 Å². The van der Waals surface area contributed by atoms with Crippen LogP contribution in [0.1, 0.15) is 55.7 Å². The van der Waals surface area contributed by atoms with Crippen LogP contribution in [-0.2, 0) is 21.4 Å². The van der Waals surface area contributed by atoms with Gasteiger partial charge in [-0.2, -0.15) is 0 Å². The standard InChI is InChI=1S/C29H35N5O2S/c1-29(2,22-13-7-4-8-14-22)27-33-34-28(37-27)32-25(35)19-18-23(17-16-21-11-5-3-6-12-21)31-26(36)24-15-9-10-20-30-24/h3-8,11-14,18-19,23-24,30H,9-10,15-17,20H2,1-2H3,(H,31,36)(H,32,34,35)/t23-,24-/m0/s1. The molecule has 1 fully saturated rings. The second kappa shape index (κ2) is 12.7. The Morgan fingerprint density at radius 1 is 1.08 bits per heavy atom. The fraction of sp³-hybridized carbons (Fsp3) is 0.379. The summed E-state index contributed by atoms with van der Waals surface area (Å²) in [5, 5.41) is 19.0. The lowest BCUT2D eigenvalue weighted by molar-refractivity contribution is -0.124. The number of anilines is 1. The quantitative estimate of drug-likeness (QED) is 0.341. The molecule has 0 radical (unpaired) electrons. The first-order valence-electron chi connectivity index (χ1n) is 12.9. The molecule has 0 aliphatic carbocycles. The molecule has 3 aromatic rings. The summed E-state index contributed by atoms with van der Waals surface area (Å²) in [6, 6.07) is 19.8. The lowest BCUT2D eigenvalue weighted by atomic mass is 9.85. The Kier molecular flexibility index (Phi) is 9.19. The van der Waals surface area contributed by atoms with E-state index in [0.717, 1.165) is 42.8 Å². The van der Waals surface area contributed by atoms with Gasteiger partial charge < -0.3 is 10.6 Å². The van der Waals surface area contributed by atoms with Gasteiger partial charge in [0.25, 0.3) is 0 Å². The highest BCUT2D eigenvalue weighted by molar-refractivity contribution is 7.15. The molecule has 2 aromatic carbocycles. The third kappa shape index (κ3) is 7.57. The second-order valence-electron chi connectivity index (χ2n) is 9.89. The monoisotopic (exact) mass is 517 g/mol. The van der Waals surface area contributed by atoms with Gasteiger partial charge in [-0.25, -0.2) is 0 Å². The van der Waals surface area contributed by atoms with E-state index in [1.165, 1.54) is 23.0 Å². The Morgan fingerprint density at radius 2 is 1.81 bits per heavy atom. The van der Waals surface area contributed by atoms with Crippen molar-refractivity contribution < 1.29 is 9.59 Å². The predicted molar refractivity (Wildman–Crippen MR) is 149 cm³/mol. The molecule has 0 saturated carbocycles. The van der Waals surface area contributed by atoms with Crippen LogP contribution in [0.15, 0.2) is 72.8 Å². The zero-order valence-corrected chi connectivity index (χ0v) is 22.3. The smallest absolute Gasteiger partial charge is 0.249 e. The fourth-order valence-corrected chi connectivity index (χ4v) is 5.27. The van der Waals surface area contributed by atoms with Crippen LogP contribution in [0.2, 0.25) is 0 Å². The van der Waals surface area contributed by atoms with E-state index in [4.69, 9.17) is 0 Å². The van der Waals surface area contributed by atoms with Crippen molar-refractivity contribution in [2.24, 2.45) is 0 Å². The molecule has 2 atom stereocenters. The van der Waals surface area contributed by atoms with E-state index in [2.05, 4.69) is 64.3 Å².